The minimum Gasteiger partial charge on any atom is -0.466 e. The van der Waals surface area contributed by atoms with Crippen LogP contribution in [-0.4, -0.2) is 17.6 Å². The number of esters is 1. The number of aromatic amines is 1. The molecule has 3 heteroatoms. The number of hydrogen-bond acceptors (Lipinski definition) is 2. The van der Waals surface area contributed by atoms with E-state index in [1.54, 1.807) is 0 Å². The maximum atomic E-state index is 11.5. The zero-order valence-corrected chi connectivity index (χ0v) is 14.2. The third kappa shape index (κ3) is 6.60. The van der Waals surface area contributed by atoms with Gasteiger partial charge in [0, 0.05) is 11.9 Å². The fourth-order valence-electron chi connectivity index (χ4n) is 1.74. The zero-order chi connectivity index (χ0) is 16.1. The topological polar surface area (TPSA) is 42.1 Å². The molecular weight excluding hydrogens is 250 g/mol. The van der Waals surface area contributed by atoms with Gasteiger partial charge < -0.3 is 9.72 Å². The third-order valence-corrected chi connectivity index (χ3v) is 2.63. The average Bonchev–Trinajstić information content (AvgIpc) is 2.83. The Kier molecular flexibility index (Phi) is 13.0. The summed E-state index contributed by atoms with van der Waals surface area (Å²) in [4.78, 5) is 14.6. The SMILES string of the molecule is C=Cc1c(CC(C)C(=O)OCC)c[nH]c1C.CC.CC. The molecule has 1 atom stereocenters. The number of carbonyl (C=O) groups is 1. The van der Waals surface area contributed by atoms with E-state index in [1.165, 1.54) is 0 Å². The number of aryl methyl sites for hydroxylation is 1. The van der Waals surface area contributed by atoms with Gasteiger partial charge in [-0.05, 0) is 31.4 Å². The minimum atomic E-state index is -0.142. The number of carbonyl (C=O) groups excluding carboxylic acids is 1. The van der Waals surface area contributed by atoms with Crippen LogP contribution in [0.1, 0.15) is 58.4 Å². The highest BCUT2D eigenvalue weighted by Gasteiger charge is 2.17. The van der Waals surface area contributed by atoms with E-state index in [0.717, 1.165) is 16.8 Å². The van der Waals surface area contributed by atoms with Gasteiger partial charge in [0.1, 0.15) is 0 Å². The zero-order valence-electron chi connectivity index (χ0n) is 14.2. The molecule has 1 N–H and O–H groups in total. The number of nitrogens with one attached hydrogen (secondary N) is 1. The number of rotatable bonds is 5. The van der Waals surface area contributed by atoms with Gasteiger partial charge in [0.15, 0.2) is 0 Å². The van der Waals surface area contributed by atoms with Crippen molar-refractivity contribution in [3.05, 3.63) is 29.6 Å². The molecule has 116 valence electrons. The predicted molar refractivity (Wildman–Crippen MR) is 87.8 cm³/mol. The Hall–Kier alpha value is -1.51. The van der Waals surface area contributed by atoms with Crippen LogP contribution in [-0.2, 0) is 16.0 Å². The van der Waals surface area contributed by atoms with Crippen LogP contribution in [0, 0.1) is 12.8 Å². The molecular formula is C17H31NO2. The summed E-state index contributed by atoms with van der Waals surface area (Å²) in [6.07, 6.45) is 4.44. The molecule has 3 nitrogen and oxygen atoms in total. The lowest BCUT2D eigenvalue weighted by molar-refractivity contribution is -0.147. The molecule has 1 aromatic heterocycles. The Bertz CT molecular complexity index is 380. The van der Waals surface area contributed by atoms with Gasteiger partial charge in [0.2, 0.25) is 0 Å². The average molecular weight is 281 g/mol. The molecule has 0 aliphatic rings. The van der Waals surface area contributed by atoms with E-state index >= 15 is 0 Å². The third-order valence-electron chi connectivity index (χ3n) is 2.63. The lowest BCUT2D eigenvalue weighted by Crippen LogP contribution is -2.17. The lowest BCUT2D eigenvalue weighted by Gasteiger charge is -2.10. The molecule has 0 aliphatic heterocycles. The van der Waals surface area contributed by atoms with Crippen LogP contribution < -0.4 is 0 Å². The fourth-order valence-corrected chi connectivity index (χ4v) is 1.74. The Morgan fingerprint density at radius 2 is 1.95 bits per heavy atom. The van der Waals surface area contributed by atoms with Crippen LogP contribution in [0.5, 0.6) is 0 Å². The molecule has 0 saturated heterocycles. The van der Waals surface area contributed by atoms with E-state index in [-0.39, 0.29) is 11.9 Å². The highest BCUT2D eigenvalue weighted by Crippen LogP contribution is 2.19. The van der Waals surface area contributed by atoms with Gasteiger partial charge in [0.25, 0.3) is 0 Å². The highest BCUT2D eigenvalue weighted by atomic mass is 16.5. The van der Waals surface area contributed by atoms with Crippen LogP contribution in [0.15, 0.2) is 12.8 Å². The summed E-state index contributed by atoms with van der Waals surface area (Å²) in [6.45, 7) is 17.9. The van der Waals surface area contributed by atoms with Crippen molar-refractivity contribution in [2.24, 2.45) is 5.92 Å². The first-order valence-electron chi connectivity index (χ1n) is 7.56. The number of ether oxygens (including phenoxy) is 1. The van der Waals surface area contributed by atoms with Crippen molar-refractivity contribution in [2.45, 2.75) is 54.9 Å². The second-order valence-corrected chi connectivity index (χ2v) is 3.91. The summed E-state index contributed by atoms with van der Waals surface area (Å²) in [7, 11) is 0. The van der Waals surface area contributed by atoms with Gasteiger partial charge in [-0.15, -0.1) is 0 Å². The molecule has 1 heterocycles. The van der Waals surface area contributed by atoms with Gasteiger partial charge in [-0.25, -0.2) is 0 Å². The number of aromatic nitrogens is 1. The molecule has 20 heavy (non-hydrogen) atoms. The predicted octanol–water partition coefficient (Wildman–Crippen LogP) is 4.76. The van der Waals surface area contributed by atoms with Crippen molar-refractivity contribution in [3.8, 4) is 0 Å². The van der Waals surface area contributed by atoms with Crippen molar-refractivity contribution < 1.29 is 9.53 Å². The van der Waals surface area contributed by atoms with Gasteiger partial charge >= 0.3 is 5.97 Å². The summed E-state index contributed by atoms with van der Waals surface area (Å²) in [5.74, 6) is -0.259. The maximum absolute atomic E-state index is 11.5. The molecule has 0 bridgehead atoms. The molecule has 0 aliphatic carbocycles. The summed E-state index contributed by atoms with van der Waals surface area (Å²) in [5, 5.41) is 0. The summed E-state index contributed by atoms with van der Waals surface area (Å²) < 4.78 is 4.98. The monoisotopic (exact) mass is 281 g/mol. The summed E-state index contributed by atoms with van der Waals surface area (Å²) in [6, 6.07) is 0. The van der Waals surface area contributed by atoms with Crippen molar-refractivity contribution in [3.63, 3.8) is 0 Å². The highest BCUT2D eigenvalue weighted by molar-refractivity contribution is 5.72. The van der Waals surface area contributed by atoms with Gasteiger partial charge in [-0.2, -0.15) is 0 Å². The second-order valence-electron chi connectivity index (χ2n) is 3.91. The standard InChI is InChI=1S/C13H19NO2.2C2H6/c1-5-12-10(4)14-8-11(12)7-9(3)13(15)16-6-2;2*1-2/h5,8-9,14H,1,6-7H2,2-4H3;2*1-2H3. The molecule has 0 aromatic carbocycles. The fraction of sp³-hybridized carbons (Fsp3) is 0.588. The Morgan fingerprint density at radius 3 is 2.40 bits per heavy atom. The first kappa shape index (κ1) is 20.8. The summed E-state index contributed by atoms with van der Waals surface area (Å²) >= 11 is 0. The van der Waals surface area contributed by atoms with Crippen molar-refractivity contribution in [1.29, 1.82) is 0 Å². The molecule has 0 radical (unpaired) electrons. The molecule has 0 spiro atoms. The van der Waals surface area contributed by atoms with E-state index in [2.05, 4.69) is 11.6 Å². The van der Waals surface area contributed by atoms with E-state index in [0.29, 0.717) is 13.0 Å². The molecule has 0 amide bonds. The van der Waals surface area contributed by atoms with Crippen LogP contribution >= 0.6 is 0 Å². The normalized spacial score (nSPS) is 10.3. The Morgan fingerprint density at radius 1 is 1.40 bits per heavy atom. The first-order chi connectivity index (χ1) is 9.60. The molecule has 0 saturated carbocycles. The van der Waals surface area contributed by atoms with E-state index in [4.69, 9.17) is 4.74 Å². The smallest absolute Gasteiger partial charge is 0.308 e. The Balaban J connectivity index is 0. The molecule has 1 unspecified atom stereocenters. The van der Waals surface area contributed by atoms with E-state index in [1.807, 2.05) is 60.7 Å². The lowest BCUT2D eigenvalue weighted by atomic mass is 9.99. The molecule has 1 aromatic rings. The van der Waals surface area contributed by atoms with E-state index < -0.39 is 0 Å². The van der Waals surface area contributed by atoms with Crippen molar-refractivity contribution in [1.82, 2.24) is 4.98 Å². The van der Waals surface area contributed by atoms with Crippen molar-refractivity contribution >= 4 is 12.0 Å². The van der Waals surface area contributed by atoms with Crippen LogP contribution in [0.3, 0.4) is 0 Å². The quantitative estimate of drug-likeness (QED) is 0.791. The van der Waals surface area contributed by atoms with E-state index in [9.17, 15) is 4.79 Å². The largest absolute Gasteiger partial charge is 0.466 e. The maximum Gasteiger partial charge on any atom is 0.308 e. The second kappa shape index (κ2) is 12.5. The minimum absolute atomic E-state index is 0.117. The van der Waals surface area contributed by atoms with Crippen LogP contribution in [0.2, 0.25) is 0 Å². The first-order valence-corrected chi connectivity index (χ1v) is 7.56. The van der Waals surface area contributed by atoms with Gasteiger partial charge in [-0.3, -0.25) is 4.79 Å². The summed E-state index contributed by atoms with van der Waals surface area (Å²) in [5.41, 5.74) is 3.30. The van der Waals surface area contributed by atoms with Gasteiger partial charge in [-0.1, -0.05) is 47.3 Å². The molecule has 0 fully saturated rings. The van der Waals surface area contributed by atoms with Gasteiger partial charge in [0.05, 0.1) is 12.5 Å². The van der Waals surface area contributed by atoms with Crippen LogP contribution in [0.4, 0.5) is 0 Å². The van der Waals surface area contributed by atoms with Crippen molar-refractivity contribution in [2.75, 3.05) is 6.61 Å². The number of H-pyrrole nitrogens is 1. The molecule has 1 rings (SSSR count). The van der Waals surface area contributed by atoms with Crippen LogP contribution in [0.25, 0.3) is 6.08 Å². The number of hydrogen-bond donors (Lipinski definition) is 1. The Labute approximate surface area is 124 Å².